The lowest BCUT2D eigenvalue weighted by Crippen LogP contribution is -2.50. The number of rotatable bonds is 5. The molecule has 26 heavy (non-hydrogen) atoms. The van der Waals surface area contributed by atoms with Crippen LogP contribution in [0.15, 0.2) is 23.1 Å². The molecule has 144 valence electrons. The summed E-state index contributed by atoms with van der Waals surface area (Å²) in [6, 6.07) is 5.50. The van der Waals surface area contributed by atoms with Crippen LogP contribution in [0.4, 0.5) is 0 Å². The second kappa shape index (κ2) is 8.06. The fraction of sp³-hybridized carbons (Fsp3) is 0.632. The van der Waals surface area contributed by atoms with Gasteiger partial charge in [-0.25, -0.2) is 8.42 Å². The van der Waals surface area contributed by atoms with Crippen molar-refractivity contribution in [2.75, 3.05) is 39.3 Å². The summed E-state index contributed by atoms with van der Waals surface area (Å²) in [7, 11) is -3.50. The van der Waals surface area contributed by atoms with E-state index in [9.17, 15) is 13.2 Å². The van der Waals surface area contributed by atoms with E-state index in [1.54, 1.807) is 6.07 Å². The quantitative estimate of drug-likeness (QED) is 0.842. The molecule has 1 N–H and O–H groups in total. The Balaban J connectivity index is 1.57. The summed E-state index contributed by atoms with van der Waals surface area (Å²) in [5.74, 6) is 0.755. The smallest absolute Gasteiger partial charge is 0.243 e. The molecule has 2 aliphatic rings. The van der Waals surface area contributed by atoms with Crippen molar-refractivity contribution in [2.45, 2.75) is 38.0 Å². The van der Waals surface area contributed by atoms with Crippen molar-refractivity contribution in [3.8, 4) is 0 Å². The third kappa shape index (κ3) is 4.27. The highest BCUT2D eigenvalue weighted by Crippen LogP contribution is 2.23. The third-order valence-electron chi connectivity index (χ3n) is 5.48. The monoisotopic (exact) mass is 379 g/mol. The number of hydrogen-bond acceptors (Lipinski definition) is 4. The minimum atomic E-state index is -3.50. The molecule has 1 atom stereocenters. The molecule has 1 unspecified atom stereocenters. The Morgan fingerprint density at radius 3 is 2.58 bits per heavy atom. The van der Waals surface area contributed by atoms with Gasteiger partial charge in [0.05, 0.1) is 4.90 Å². The van der Waals surface area contributed by atoms with E-state index >= 15 is 0 Å². The van der Waals surface area contributed by atoms with Crippen LogP contribution in [0.5, 0.6) is 0 Å². The van der Waals surface area contributed by atoms with Gasteiger partial charge in [0.1, 0.15) is 0 Å². The van der Waals surface area contributed by atoms with Gasteiger partial charge in [0.2, 0.25) is 15.9 Å². The maximum atomic E-state index is 13.0. The molecule has 6 nitrogen and oxygen atoms in total. The van der Waals surface area contributed by atoms with Gasteiger partial charge in [-0.2, -0.15) is 4.31 Å². The minimum Gasteiger partial charge on any atom is -0.340 e. The van der Waals surface area contributed by atoms with Crippen LogP contribution in [0.2, 0.25) is 0 Å². The molecule has 2 saturated heterocycles. The van der Waals surface area contributed by atoms with Gasteiger partial charge in [-0.1, -0.05) is 12.1 Å². The summed E-state index contributed by atoms with van der Waals surface area (Å²) >= 11 is 0. The molecule has 1 aromatic carbocycles. The Morgan fingerprint density at radius 2 is 1.92 bits per heavy atom. The summed E-state index contributed by atoms with van der Waals surface area (Å²) in [5, 5.41) is 3.32. The molecule has 0 radical (unpaired) electrons. The molecule has 2 aliphatic heterocycles. The molecule has 0 aliphatic carbocycles. The highest BCUT2D eigenvalue weighted by atomic mass is 32.2. The predicted octanol–water partition coefficient (Wildman–Crippen LogP) is 1.53. The van der Waals surface area contributed by atoms with Crippen molar-refractivity contribution in [3.05, 3.63) is 29.3 Å². The van der Waals surface area contributed by atoms with Gasteiger partial charge in [-0.05, 0) is 62.9 Å². The van der Waals surface area contributed by atoms with Crippen molar-refractivity contribution in [1.82, 2.24) is 14.5 Å². The maximum absolute atomic E-state index is 13.0. The van der Waals surface area contributed by atoms with Crippen molar-refractivity contribution in [2.24, 2.45) is 5.92 Å². The Bertz CT molecular complexity index is 749. The second-order valence-corrected chi connectivity index (χ2v) is 9.36. The second-order valence-electron chi connectivity index (χ2n) is 7.45. The summed E-state index contributed by atoms with van der Waals surface area (Å²) in [4.78, 5) is 14.6. The van der Waals surface area contributed by atoms with E-state index in [2.05, 4.69) is 5.32 Å². The van der Waals surface area contributed by atoms with Gasteiger partial charge in [-0.15, -0.1) is 0 Å². The molecule has 2 fully saturated rings. The van der Waals surface area contributed by atoms with Gasteiger partial charge in [0.15, 0.2) is 0 Å². The fourth-order valence-corrected chi connectivity index (χ4v) is 5.48. The number of carbonyl (C=O) groups is 1. The molecule has 1 aromatic rings. The molecule has 0 bridgehead atoms. The Morgan fingerprint density at radius 1 is 1.19 bits per heavy atom. The third-order valence-corrected chi connectivity index (χ3v) is 7.52. The van der Waals surface area contributed by atoms with Gasteiger partial charge in [-0.3, -0.25) is 4.79 Å². The van der Waals surface area contributed by atoms with Crippen LogP contribution >= 0.6 is 0 Å². The van der Waals surface area contributed by atoms with Gasteiger partial charge < -0.3 is 10.2 Å². The predicted molar refractivity (Wildman–Crippen MR) is 101 cm³/mol. The Kier molecular flexibility index (Phi) is 5.99. The number of benzene rings is 1. The first kappa shape index (κ1) is 19.3. The summed E-state index contributed by atoms with van der Waals surface area (Å²) in [6.07, 6.45) is 2.64. The van der Waals surface area contributed by atoms with Crippen molar-refractivity contribution < 1.29 is 13.2 Å². The largest absolute Gasteiger partial charge is 0.340 e. The average Bonchev–Trinajstić information content (AvgIpc) is 3.15. The number of piperazine rings is 1. The molecule has 0 spiro atoms. The number of nitrogens with one attached hydrogen (secondary N) is 1. The van der Waals surface area contributed by atoms with Crippen LogP contribution in [0.1, 0.15) is 30.4 Å². The molecule has 0 aromatic heterocycles. The fourth-order valence-electron chi connectivity index (χ4n) is 3.75. The van der Waals surface area contributed by atoms with Crippen molar-refractivity contribution in [3.63, 3.8) is 0 Å². The Hall–Kier alpha value is -1.44. The maximum Gasteiger partial charge on any atom is 0.243 e. The standard InChI is InChI=1S/C19H29N3O3S/c1-15-3-4-16(2)18(13-15)26(24,25)22-11-9-21(10-12-22)19(23)6-5-17-7-8-20-14-17/h3-4,13,17,20H,5-12,14H2,1-2H3. The number of carbonyl (C=O) groups excluding carboxylic acids is 1. The first-order valence-electron chi connectivity index (χ1n) is 9.44. The zero-order chi connectivity index (χ0) is 18.7. The highest BCUT2D eigenvalue weighted by Gasteiger charge is 2.31. The van der Waals surface area contributed by atoms with Crippen molar-refractivity contribution >= 4 is 15.9 Å². The van der Waals surface area contributed by atoms with E-state index in [1.807, 2.05) is 30.9 Å². The number of amides is 1. The van der Waals surface area contributed by atoms with Crippen molar-refractivity contribution in [1.29, 1.82) is 0 Å². The molecule has 3 rings (SSSR count). The van der Waals surface area contributed by atoms with Gasteiger partial charge in [0, 0.05) is 32.6 Å². The lowest BCUT2D eigenvalue weighted by molar-refractivity contribution is -0.132. The van der Waals surface area contributed by atoms with E-state index < -0.39 is 10.0 Å². The zero-order valence-corrected chi connectivity index (χ0v) is 16.5. The van der Waals surface area contributed by atoms with Crippen LogP contribution in [0, 0.1) is 19.8 Å². The average molecular weight is 380 g/mol. The van der Waals surface area contributed by atoms with E-state index in [4.69, 9.17) is 0 Å². The van der Waals surface area contributed by atoms with Gasteiger partial charge >= 0.3 is 0 Å². The van der Waals surface area contributed by atoms with Crippen LogP contribution in [0.3, 0.4) is 0 Å². The lowest BCUT2D eigenvalue weighted by Gasteiger charge is -2.34. The molecule has 2 heterocycles. The topological polar surface area (TPSA) is 69.7 Å². The summed E-state index contributed by atoms with van der Waals surface area (Å²) in [6.45, 7) is 7.47. The number of nitrogens with zero attached hydrogens (tertiary/aromatic N) is 2. The number of sulfonamides is 1. The van der Waals surface area contributed by atoms with E-state index in [-0.39, 0.29) is 5.91 Å². The summed E-state index contributed by atoms with van der Waals surface area (Å²) < 4.78 is 27.4. The van der Waals surface area contributed by atoms with E-state index in [0.717, 1.165) is 37.1 Å². The molecule has 0 saturated carbocycles. The lowest BCUT2D eigenvalue weighted by atomic mass is 10.0. The van der Waals surface area contributed by atoms with Crippen LogP contribution in [-0.2, 0) is 14.8 Å². The molecular formula is C19H29N3O3S. The normalized spacial score (nSPS) is 21.9. The van der Waals surface area contributed by atoms with E-state index in [1.165, 1.54) is 4.31 Å². The van der Waals surface area contributed by atoms with Crippen LogP contribution in [-0.4, -0.2) is 62.8 Å². The zero-order valence-electron chi connectivity index (χ0n) is 15.7. The summed E-state index contributed by atoms with van der Waals surface area (Å²) in [5.41, 5.74) is 1.70. The first-order chi connectivity index (χ1) is 12.4. The van der Waals surface area contributed by atoms with Gasteiger partial charge in [0.25, 0.3) is 0 Å². The number of hydrogen-bond donors (Lipinski definition) is 1. The molecular weight excluding hydrogens is 350 g/mol. The minimum absolute atomic E-state index is 0.153. The highest BCUT2D eigenvalue weighted by molar-refractivity contribution is 7.89. The van der Waals surface area contributed by atoms with Crippen LogP contribution < -0.4 is 5.32 Å². The molecule has 7 heteroatoms. The molecule has 1 amide bonds. The number of aryl methyl sites for hydroxylation is 2. The SMILES string of the molecule is Cc1ccc(C)c(S(=O)(=O)N2CCN(C(=O)CCC3CCNC3)CC2)c1. The Labute approximate surface area is 156 Å². The first-order valence-corrected chi connectivity index (χ1v) is 10.9. The van der Waals surface area contributed by atoms with E-state index in [0.29, 0.717) is 43.4 Å². The van der Waals surface area contributed by atoms with Crippen LogP contribution in [0.25, 0.3) is 0 Å².